The van der Waals surface area contributed by atoms with Gasteiger partial charge in [0.05, 0.1) is 0 Å². The number of carbonyl (C=O) groups is 2. The third kappa shape index (κ3) is 4.87. The summed E-state index contributed by atoms with van der Waals surface area (Å²) in [5.74, 6) is -1.55. The van der Waals surface area contributed by atoms with Crippen LogP contribution in [0.3, 0.4) is 0 Å². The smallest absolute Gasteiger partial charge is 0.326 e. The van der Waals surface area contributed by atoms with Crippen LogP contribution < -0.4 is 10.6 Å². The lowest BCUT2D eigenvalue weighted by molar-refractivity contribution is -0.139. The summed E-state index contributed by atoms with van der Waals surface area (Å²) in [6.45, 7) is 3.66. The van der Waals surface area contributed by atoms with Gasteiger partial charge < -0.3 is 15.7 Å². The summed E-state index contributed by atoms with van der Waals surface area (Å²) in [6, 6.07) is 2.43. The van der Waals surface area contributed by atoms with Crippen LogP contribution in [0.15, 0.2) is 18.2 Å². The van der Waals surface area contributed by atoms with Crippen LogP contribution in [-0.2, 0) is 4.79 Å². The molecule has 1 aromatic rings. The summed E-state index contributed by atoms with van der Waals surface area (Å²) >= 11 is 0. The van der Waals surface area contributed by atoms with Crippen molar-refractivity contribution in [3.63, 3.8) is 0 Å². The van der Waals surface area contributed by atoms with Gasteiger partial charge in [-0.3, -0.25) is 0 Å². The standard InChI is InChI=1S/C14H19FN2O3/c1-3-4-5-11(13(18)19)16-14(20)17-12-8-10(15)7-6-9(12)2/h6-8,11H,3-5H2,1-2H3,(H,18,19)(H2,16,17,20). The molecule has 0 saturated heterocycles. The van der Waals surface area contributed by atoms with E-state index in [1.807, 2.05) is 6.92 Å². The van der Waals surface area contributed by atoms with Crippen molar-refractivity contribution >= 4 is 17.7 Å². The highest BCUT2D eigenvalue weighted by molar-refractivity contribution is 5.92. The highest BCUT2D eigenvalue weighted by atomic mass is 19.1. The highest BCUT2D eigenvalue weighted by Gasteiger charge is 2.19. The Bertz CT molecular complexity index is 491. The zero-order valence-electron chi connectivity index (χ0n) is 11.6. The van der Waals surface area contributed by atoms with Crippen molar-refractivity contribution in [3.05, 3.63) is 29.6 Å². The van der Waals surface area contributed by atoms with Crippen molar-refractivity contribution in [1.29, 1.82) is 0 Å². The molecule has 20 heavy (non-hydrogen) atoms. The molecule has 1 unspecified atom stereocenters. The zero-order valence-corrected chi connectivity index (χ0v) is 11.6. The normalized spacial score (nSPS) is 11.8. The van der Waals surface area contributed by atoms with Crippen LogP contribution in [-0.4, -0.2) is 23.1 Å². The monoisotopic (exact) mass is 282 g/mol. The number of rotatable bonds is 6. The molecule has 0 heterocycles. The number of nitrogens with one attached hydrogen (secondary N) is 2. The number of unbranched alkanes of at least 4 members (excludes halogenated alkanes) is 1. The van der Waals surface area contributed by atoms with Crippen LogP contribution >= 0.6 is 0 Å². The minimum absolute atomic E-state index is 0.321. The minimum atomic E-state index is -1.08. The van der Waals surface area contributed by atoms with E-state index in [9.17, 15) is 14.0 Å². The second kappa shape index (κ2) is 7.47. The minimum Gasteiger partial charge on any atom is -0.480 e. The number of halogens is 1. The molecule has 1 rings (SSSR count). The molecule has 0 aromatic heterocycles. The maximum Gasteiger partial charge on any atom is 0.326 e. The van der Waals surface area contributed by atoms with Crippen LogP contribution in [0.25, 0.3) is 0 Å². The molecule has 110 valence electrons. The van der Waals surface area contributed by atoms with Gasteiger partial charge in [-0.1, -0.05) is 25.8 Å². The lowest BCUT2D eigenvalue weighted by Crippen LogP contribution is -2.43. The Labute approximate surface area is 117 Å². The fourth-order valence-corrected chi connectivity index (χ4v) is 1.71. The molecule has 0 bridgehead atoms. The van der Waals surface area contributed by atoms with Crippen LogP contribution in [0.2, 0.25) is 0 Å². The number of aliphatic carboxylic acids is 1. The van der Waals surface area contributed by atoms with Gasteiger partial charge in [-0.2, -0.15) is 0 Å². The van der Waals surface area contributed by atoms with E-state index in [-0.39, 0.29) is 0 Å². The van der Waals surface area contributed by atoms with E-state index in [1.54, 1.807) is 6.92 Å². The van der Waals surface area contributed by atoms with E-state index >= 15 is 0 Å². The molecule has 5 nitrogen and oxygen atoms in total. The van der Waals surface area contributed by atoms with Crippen molar-refractivity contribution in [2.24, 2.45) is 0 Å². The SMILES string of the molecule is CCCCC(NC(=O)Nc1cc(F)ccc1C)C(=O)O. The van der Waals surface area contributed by atoms with Gasteiger partial charge in [0.1, 0.15) is 11.9 Å². The Morgan fingerprint density at radius 3 is 2.70 bits per heavy atom. The highest BCUT2D eigenvalue weighted by Crippen LogP contribution is 2.15. The molecule has 0 radical (unpaired) electrons. The van der Waals surface area contributed by atoms with Crippen molar-refractivity contribution in [2.45, 2.75) is 39.2 Å². The number of hydrogen-bond donors (Lipinski definition) is 3. The Morgan fingerprint density at radius 1 is 1.40 bits per heavy atom. The number of carbonyl (C=O) groups excluding carboxylic acids is 1. The van der Waals surface area contributed by atoms with E-state index in [0.717, 1.165) is 6.42 Å². The zero-order chi connectivity index (χ0) is 15.1. The predicted molar refractivity (Wildman–Crippen MR) is 74.2 cm³/mol. The van der Waals surface area contributed by atoms with E-state index in [2.05, 4.69) is 10.6 Å². The second-order valence-corrected chi connectivity index (χ2v) is 4.59. The van der Waals surface area contributed by atoms with Gasteiger partial charge in [0.25, 0.3) is 0 Å². The summed E-state index contributed by atoms with van der Waals surface area (Å²) in [5.41, 5.74) is 1.02. The van der Waals surface area contributed by atoms with E-state index < -0.39 is 23.9 Å². The lowest BCUT2D eigenvalue weighted by Gasteiger charge is -2.15. The number of anilines is 1. The Morgan fingerprint density at radius 2 is 2.10 bits per heavy atom. The first-order chi connectivity index (χ1) is 9.43. The first-order valence-corrected chi connectivity index (χ1v) is 6.50. The largest absolute Gasteiger partial charge is 0.480 e. The molecule has 3 N–H and O–H groups in total. The Kier molecular flexibility index (Phi) is 5.96. The number of hydrogen-bond acceptors (Lipinski definition) is 2. The second-order valence-electron chi connectivity index (χ2n) is 4.59. The molecular formula is C14H19FN2O3. The average Bonchev–Trinajstić information content (AvgIpc) is 2.38. The van der Waals surface area contributed by atoms with Crippen LogP contribution in [0.1, 0.15) is 31.7 Å². The predicted octanol–water partition coefficient (Wildman–Crippen LogP) is 2.90. The van der Waals surface area contributed by atoms with E-state index in [0.29, 0.717) is 24.1 Å². The molecule has 0 aliphatic carbocycles. The number of aryl methyl sites for hydroxylation is 1. The summed E-state index contributed by atoms with van der Waals surface area (Å²) in [6.07, 6.45) is 1.91. The maximum atomic E-state index is 13.1. The van der Waals surface area contributed by atoms with Crippen molar-refractivity contribution in [1.82, 2.24) is 5.32 Å². The third-order valence-electron chi connectivity index (χ3n) is 2.90. The van der Waals surface area contributed by atoms with Crippen molar-refractivity contribution in [3.8, 4) is 0 Å². The van der Waals surface area contributed by atoms with E-state index in [1.165, 1.54) is 18.2 Å². The topological polar surface area (TPSA) is 78.4 Å². The van der Waals surface area contributed by atoms with Gasteiger partial charge >= 0.3 is 12.0 Å². The summed E-state index contributed by atoms with van der Waals surface area (Å²) < 4.78 is 13.1. The molecule has 0 fully saturated rings. The van der Waals surface area contributed by atoms with Crippen molar-refractivity contribution in [2.75, 3.05) is 5.32 Å². The molecule has 0 aliphatic heterocycles. The number of carboxylic acids is 1. The molecule has 1 atom stereocenters. The van der Waals surface area contributed by atoms with Gasteiger partial charge in [-0.25, -0.2) is 14.0 Å². The van der Waals surface area contributed by atoms with Crippen LogP contribution in [0.5, 0.6) is 0 Å². The quantitative estimate of drug-likeness (QED) is 0.750. The fraction of sp³-hybridized carbons (Fsp3) is 0.429. The molecule has 1 aromatic carbocycles. The number of urea groups is 1. The Balaban J connectivity index is 2.65. The van der Waals surface area contributed by atoms with Crippen LogP contribution in [0, 0.1) is 12.7 Å². The summed E-state index contributed by atoms with van der Waals surface area (Å²) in [7, 11) is 0. The first-order valence-electron chi connectivity index (χ1n) is 6.50. The number of amides is 2. The molecule has 0 saturated carbocycles. The molecule has 0 aliphatic rings. The maximum absolute atomic E-state index is 13.1. The number of benzene rings is 1. The molecular weight excluding hydrogens is 263 g/mol. The summed E-state index contributed by atoms with van der Waals surface area (Å²) in [4.78, 5) is 22.8. The van der Waals surface area contributed by atoms with E-state index in [4.69, 9.17) is 5.11 Å². The third-order valence-corrected chi connectivity index (χ3v) is 2.90. The molecule has 0 spiro atoms. The van der Waals surface area contributed by atoms with Gasteiger partial charge in [-0.15, -0.1) is 0 Å². The van der Waals surface area contributed by atoms with Crippen LogP contribution in [0.4, 0.5) is 14.9 Å². The molecule has 6 heteroatoms. The van der Waals surface area contributed by atoms with Gasteiger partial charge in [0.15, 0.2) is 0 Å². The van der Waals surface area contributed by atoms with Crippen molar-refractivity contribution < 1.29 is 19.1 Å². The van der Waals surface area contributed by atoms with Gasteiger partial charge in [-0.05, 0) is 31.0 Å². The average molecular weight is 282 g/mol. The molecule has 2 amide bonds. The fourth-order valence-electron chi connectivity index (χ4n) is 1.71. The first kappa shape index (κ1) is 15.9. The van der Waals surface area contributed by atoms with Gasteiger partial charge in [0, 0.05) is 5.69 Å². The number of carboxylic acid groups (broad SMARTS) is 1. The Hall–Kier alpha value is -2.11. The van der Waals surface area contributed by atoms with Gasteiger partial charge in [0.2, 0.25) is 0 Å². The lowest BCUT2D eigenvalue weighted by atomic mass is 10.1. The summed E-state index contributed by atoms with van der Waals surface area (Å²) in [5, 5.41) is 13.8.